The third-order valence-electron chi connectivity index (χ3n) is 6.93. The Bertz CT molecular complexity index is 1260. The second kappa shape index (κ2) is 15.6. The van der Waals surface area contributed by atoms with Crippen LogP contribution >= 0.6 is 0 Å². The number of rotatable bonds is 14. The smallest absolute Gasteiger partial charge is 0.245 e. The predicted octanol–water partition coefficient (Wildman–Crippen LogP) is 3.61. The molecule has 0 radical (unpaired) electrons. The van der Waals surface area contributed by atoms with Crippen LogP contribution in [-0.2, 0) is 40.3 Å². The second-order valence-corrected chi connectivity index (χ2v) is 10.4. The molecule has 0 spiro atoms. The van der Waals surface area contributed by atoms with E-state index in [1.54, 1.807) is 20.9 Å². The van der Waals surface area contributed by atoms with E-state index in [2.05, 4.69) is 10.6 Å². The quantitative estimate of drug-likeness (QED) is 0.280. The van der Waals surface area contributed by atoms with Crippen LogP contribution in [0.15, 0.2) is 78.9 Å². The Morgan fingerprint density at radius 3 is 1.98 bits per heavy atom. The van der Waals surface area contributed by atoms with E-state index in [4.69, 9.17) is 10.5 Å². The first-order valence-electron chi connectivity index (χ1n) is 14.1. The van der Waals surface area contributed by atoms with Crippen LogP contribution in [0.4, 0.5) is 0 Å². The number of hydrogen-bond donors (Lipinski definition) is 3. The van der Waals surface area contributed by atoms with Gasteiger partial charge in [0.15, 0.2) is 0 Å². The van der Waals surface area contributed by atoms with Gasteiger partial charge in [0, 0.05) is 38.9 Å². The van der Waals surface area contributed by atoms with E-state index in [1.165, 1.54) is 4.90 Å². The maximum atomic E-state index is 14.0. The maximum Gasteiger partial charge on any atom is 0.245 e. The third-order valence-corrected chi connectivity index (χ3v) is 6.93. The Kier molecular flexibility index (Phi) is 11.9. The molecule has 0 fully saturated rings. The van der Waals surface area contributed by atoms with E-state index in [9.17, 15) is 14.4 Å². The van der Waals surface area contributed by atoms with Crippen molar-refractivity contribution >= 4 is 17.7 Å². The molecule has 3 amide bonds. The maximum absolute atomic E-state index is 14.0. The number of hydrogen-bond acceptors (Lipinski definition) is 5. The molecular weight excluding hydrogens is 516 g/mol. The lowest BCUT2D eigenvalue weighted by Crippen LogP contribution is -2.56. The number of carbonyl (C=O) groups is 3. The van der Waals surface area contributed by atoms with Gasteiger partial charge < -0.3 is 26.0 Å². The van der Waals surface area contributed by atoms with Gasteiger partial charge in [0.2, 0.25) is 17.7 Å². The first-order chi connectivity index (χ1) is 19.7. The summed E-state index contributed by atoms with van der Waals surface area (Å²) in [5, 5.41) is 5.90. The average molecular weight is 559 g/mol. The number of carbonyl (C=O) groups excluding carboxylic acids is 3. The van der Waals surface area contributed by atoms with Crippen LogP contribution in [0.25, 0.3) is 0 Å². The zero-order valence-corrected chi connectivity index (χ0v) is 24.4. The molecule has 0 bridgehead atoms. The lowest BCUT2D eigenvalue weighted by molar-refractivity contribution is -0.142. The fourth-order valence-electron chi connectivity index (χ4n) is 4.41. The largest absolute Gasteiger partial charge is 0.494 e. The molecule has 4 N–H and O–H groups in total. The van der Waals surface area contributed by atoms with Gasteiger partial charge in [0.1, 0.15) is 17.8 Å². The van der Waals surface area contributed by atoms with E-state index in [1.807, 2.05) is 85.8 Å². The minimum atomic E-state index is -0.845. The van der Waals surface area contributed by atoms with Gasteiger partial charge in [0.25, 0.3) is 0 Å². The summed E-state index contributed by atoms with van der Waals surface area (Å²) in [7, 11) is 1.62. The van der Waals surface area contributed by atoms with Crippen molar-refractivity contribution in [1.29, 1.82) is 0 Å². The molecule has 0 aliphatic carbocycles. The van der Waals surface area contributed by atoms with E-state index in [0.29, 0.717) is 26.1 Å². The molecule has 0 unspecified atom stereocenters. The van der Waals surface area contributed by atoms with E-state index < -0.39 is 12.1 Å². The van der Waals surface area contributed by atoms with Crippen molar-refractivity contribution in [3.05, 3.63) is 101 Å². The van der Waals surface area contributed by atoms with Crippen molar-refractivity contribution in [2.75, 3.05) is 13.7 Å². The van der Waals surface area contributed by atoms with Gasteiger partial charge in [-0.05, 0) is 41.3 Å². The van der Waals surface area contributed by atoms with Gasteiger partial charge in [-0.25, -0.2) is 0 Å². The summed E-state index contributed by atoms with van der Waals surface area (Å²) in [4.78, 5) is 41.7. The lowest BCUT2D eigenvalue weighted by Gasteiger charge is -2.31. The molecule has 218 valence electrons. The molecular formula is C33H42N4O4. The van der Waals surface area contributed by atoms with Crippen molar-refractivity contribution in [1.82, 2.24) is 15.5 Å². The highest BCUT2D eigenvalue weighted by molar-refractivity contribution is 5.92. The highest BCUT2D eigenvalue weighted by Crippen LogP contribution is 2.16. The van der Waals surface area contributed by atoms with E-state index in [0.717, 1.165) is 28.0 Å². The SMILES string of the molecule is CCOc1ccc(C[C@@H](NC(=O)C(C)C)C(=O)N(C)[C@@H](Cc2ccccc2)C(=O)NCc2ccc(CN)cc2)cc1. The monoisotopic (exact) mass is 558 g/mol. The van der Waals surface area contributed by atoms with Crippen molar-refractivity contribution in [3.63, 3.8) is 0 Å². The normalized spacial score (nSPS) is 12.3. The van der Waals surface area contributed by atoms with Gasteiger partial charge in [-0.15, -0.1) is 0 Å². The number of ether oxygens (including phenoxy) is 1. The van der Waals surface area contributed by atoms with Crippen molar-refractivity contribution < 1.29 is 19.1 Å². The van der Waals surface area contributed by atoms with Crippen LogP contribution in [-0.4, -0.2) is 48.4 Å². The average Bonchev–Trinajstić information content (AvgIpc) is 2.99. The fourth-order valence-corrected chi connectivity index (χ4v) is 4.41. The minimum Gasteiger partial charge on any atom is -0.494 e. The summed E-state index contributed by atoms with van der Waals surface area (Å²) in [6.45, 7) is 6.80. The van der Waals surface area contributed by atoms with Crippen LogP contribution in [0.3, 0.4) is 0 Å². The predicted molar refractivity (Wildman–Crippen MR) is 161 cm³/mol. The summed E-state index contributed by atoms with van der Waals surface area (Å²) < 4.78 is 5.53. The second-order valence-electron chi connectivity index (χ2n) is 10.4. The molecule has 0 aromatic heterocycles. The number of amides is 3. The Labute approximate surface area is 243 Å². The highest BCUT2D eigenvalue weighted by atomic mass is 16.5. The van der Waals surface area contributed by atoms with Crippen LogP contribution < -0.4 is 21.1 Å². The van der Waals surface area contributed by atoms with Crippen molar-refractivity contribution in [3.8, 4) is 5.75 Å². The number of nitrogens with zero attached hydrogens (tertiary/aromatic N) is 1. The molecule has 0 aliphatic rings. The number of nitrogens with one attached hydrogen (secondary N) is 2. The summed E-state index contributed by atoms with van der Waals surface area (Å²) in [5.41, 5.74) is 9.43. The third kappa shape index (κ3) is 9.46. The van der Waals surface area contributed by atoms with Crippen molar-refractivity contribution in [2.45, 2.75) is 58.8 Å². The Hall–Kier alpha value is -4.17. The van der Waals surface area contributed by atoms with Crippen LogP contribution in [0, 0.1) is 5.92 Å². The molecule has 3 aromatic rings. The zero-order chi connectivity index (χ0) is 29.8. The molecule has 0 heterocycles. The molecule has 0 aliphatic heterocycles. The van der Waals surface area contributed by atoms with Gasteiger partial charge in [-0.1, -0.05) is 80.6 Å². The molecule has 8 heteroatoms. The van der Waals surface area contributed by atoms with Gasteiger partial charge in [-0.2, -0.15) is 0 Å². The summed E-state index contributed by atoms with van der Waals surface area (Å²) in [5.74, 6) is -0.406. The molecule has 8 nitrogen and oxygen atoms in total. The lowest BCUT2D eigenvalue weighted by atomic mass is 10.00. The number of likely N-dealkylation sites (N-methyl/N-ethyl adjacent to an activating group) is 1. The van der Waals surface area contributed by atoms with E-state index in [-0.39, 0.29) is 30.1 Å². The fraction of sp³-hybridized carbons (Fsp3) is 0.364. The Morgan fingerprint density at radius 2 is 1.39 bits per heavy atom. The first kappa shape index (κ1) is 31.4. The van der Waals surface area contributed by atoms with Gasteiger partial charge in [0.05, 0.1) is 6.61 Å². The summed E-state index contributed by atoms with van der Waals surface area (Å²) in [6.07, 6.45) is 0.607. The van der Waals surface area contributed by atoms with Gasteiger partial charge >= 0.3 is 0 Å². The first-order valence-corrected chi connectivity index (χ1v) is 14.1. The summed E-state index contributed by atoms with van der Waals surface area (Å²) in [6, 6.07) is 23.1. The molecule has 3 aromatic carbocycles. The summed E-state index contributed by atoms with van der Waals surface area (Å²) >= 11 is 0. The number of benzene rings is 3. The van der Waals surface area contributed by atoms with Crippen LogP contribution in [0.1, 0.15) is 43.0 Å². The van der Waals surface area contributed by atoms with Gasteiger partial charge in [-0.3, -0.25) is 14.4 Å². The van der Waals surface area contributed by atoms with Crippen LogP contribution in [0.5, 0.6) is 5.75 Å². The molecule has 2 atom stereocenters. The molecule has 0 saturated heterocycles. The number of nitrogens with two attached hydrogens (primary N) is 1. The molecule has 3 rings (SSSR count). The zero-order valence-electron chi connectivity index (χ0n) is 24.4. The van der Waals surface area contributed by atoms with E-state index >= 15 is 0 Å². The highest BCUT2D eigenvalue weighted by Gasteiger charge is 2.32. The topological polar surface area (TPSA) is 114 Å². The molecule has 41 heavy (non-hydrogen) atoms. The Balaban J connectivity index is 1.83. The standard InChI is InChI=1S/C33H42N4O4/c1-5-41-28-17-15-25(16-18-28)19-29(36-31(38)23(2)3)33(40)37(4)30(20-24-9-7-6-8-10-24)32(39)35-22-27-13-11-26(21-34)12-14-27/h6-18,23,29-30H,5,19-22,34H2,1-4H3,(H,35,39)(H,36,38)/t29-,30+/m1/s1. The van der Waals surface area contributed by atoms with Crippen LogP contribution in [0.2, 0.25) is 0 Å². The minimum absolute atomic E-state index is 0.229. The van der Waals surface area contributed by atoms with Crippen molar-refractivity contribution in [2.24, 2.45) is 11.7 Å². The molecule has 0 saturated carbocycles. The Morgan fingerprint density at radius 1 is 0.805 bits per heavy atom.